The van der Waals surface area contributed by atoms with Crippen molar-refractivity contribution >= 4 is 13.7 Å². The molecule has 6 unspecified atom stereocenters. The second-order valence-electron chi connectivity index (χ2n) is 17.7. The van der Waals surface area contributed by atoms with Crippen LogP contribution in [0, 0.1) is 0 Å². The average molecular weight is 866 g/mol. The Labute approximate surface area is 359 Å². The summed E-state index contributed by atoms with van der Waals surface area (Å²) in [7, 11) is -5.05. The molecule has 1 amide bonds. The number of aliphatic hydroxyl groups is 6. The number of carbonyl (C=O) groups is 1. The number of amides is 1. The van der Waals surface area contributed by atoms with Crippen molar-refractivity contribution < 1.29 is 53.9 Å². The molecule has 59 heavy (non-hydrogen) atoms. The van der Waals surface area contributed by atoms with Crippen LogP contribution < -0.4 is 5.32 Å². The van der Waals surface area contributed by atoms with E-state index in [4.69, 9.17) is 9.05 Å². The zero-order chi connectivity index (χ0) is 43.6. The Bertz CT molecular complexity index is 1010. The van der Waals surface area contributed by atoms with Gasteiger partial charge in [0.2, 0.25) is 5.91 Å². The van der Waals surface area contributed by atoms with Crippen LogP contribution in [-0.4, -0.2) is 96.8 Å². The molecule has 0 aliphatic heterocycles. The molecule has 0 radical (unpaired) electrons. The highest BCUT2D eigenvalue weighted by molar-refractivity contribution is 7.47. The average Bonchev–Trinajstić information content (AvgIpc) is 3.22. The largest absolute Gasteiger partial charge is 0.472 e. The summed E-state index contributed by atoms with van der Waals surface area (Å²) in [5.41, 5.74) is 0. The van der Waals surface area contributed by atoms with E-state index in [1.54, 1.807) is 0 Å². The molecule has 1 saturated carbocycles. The SMILES string of the molecule is CCCCCCCCCCCCCCCCCCCCCCCCC(=O)N[C@@H](COP(=O)(O)OC1C(O)C(O)C(O)[C@@H](O)C1O)[C@H](O)CCCCCCCCCCCC. The van der Waals surface area contributed by atoms with Crippen molar-refractivity contribution in [2.24, 2.45) is 0 Å². The lowest BCUT2D eigenvalue weighted by molar-refractivity contribution is -0.220. The highest BCUT2D eigenvalue weighted by atomic mass is 31.2. The Kier molecular flexibility index (Phi) is 35.1. The van der Waals surface area contributed by atoms with Crippen molar-refractivity contribution in [1.82, 2.24) is 5.32 Å². The van der Waals surface area contributed by atoms with Crippen LogP contribution in [0.1, 0.15) is 232 Å². The molecular weight excluding hydrogens is 773 g/mol. The monoisotopic (exact) mass is 866 g/mol. The molecule has 1 aliphatic carbocycles. The number of aliphatic hydroxyl groups excluding tert-OH is 6. The molecule has 0 heterocycles. The fourth-order valence-electron chi connectivity index (χ4n) is 8.14. The van der Waals surface area contributed by atoms with E-state index in [0.717, 1.165) is 38.5 Å². The van der Waals surface area contributed by atoms with Crippen LogP contribution in [0.15, 0.2) is 0 Å². The zero-order valence-corrected chi connectivity index (χ0v) is 38.5. The lowest BCUT2D eigenvalue weighted by atomic mass is 9.85. The molecule has 0 aromatic heterocycles. The second-order valence-corrected chi connectivity index (χ2v) is 19.1. The fourth-order valence-corrected chi connectivity index (χ4v) is 9.11. The van der Waals surface area contributed by atoms with Gasteiger partial charge in [0, 0.05) is 6.42 Å². The molecule has 0 spiro atoms. The zero-order valence-electron chi connectivity index (χ0n) is 37.6. The summed E-state index contributed by atoms with van der Waals surface area (Å²) in [6.45, 7) is 3.88. The molecule has 0 bridgehead atoms. The summed E-state index contributed by atoms with van der Waals surface area (Å²) < 4.78 is 22.9. The van der Waals surface area contributed by atoms with Crippen LogP contribution >= 0.6 is 7.82 Å². The molecule has 0 aromatic rings. The van der Waals surface area contributed by atoms with Crippen LogP contribution in [0.2, 0.25) is 0 Å². The maximum Gasteiger partial charge on any atom is 0.472 e. The lowest BCUT2D eigenvalue weighted by Gasteiger charge is -2.41. The normalized spacial score (nSPS) is 22.9. The smallest absolute Gasteiger partial charge is 0.391 e. The Morgan fingerprint density at radius 1 is 0.508 bits per heavy atom. The first-order chi connectivity index (χ1) is 28.4. The summed E-state index contributed by atoms with van der Waals surface area (Å²) in [4.78, 5) is 23.4. The number of phosphoric ester groups is 1. The van der Waals surface area contributed by atoms with E-state index in [1.807, 2.05) is 0 Å². The first-order valence-electron chi connectivity index (χ1n) is 24.5. The fraction of sp³-hybridized carbons (Fsp3) is 0.978. The van der Waals surface area contributed by atoms with Crippen molar-refractivity contribution in [1.29, 1.82) is 0 Å². The summed E-state index contributed by atoms with van der Waals surface area (Å²) in [5.74, 6) is -0.305. The highest BCUT2D eigenvalue weighted by Gasteiger charge is 2.51. The summed E-state index contributed by atoms with van der Waals surface area (Å²) in [5, 5.41) is 64.1. The summed E-state index contributed by atoms with van der Waals surface area (Å²) in [6, 6.07) is -1.02. The van der Waals surface area contributed by atoms with Gasteiger partial charge in [-0.1, -0.05) is 213 Å². The van der Waals surface area contributed by atoms with Gasteiger partial charge in [-0.2, -0.15) is 0 Å². The predicted octanol–water partition coefficient (Wildman–Crippen LogP) is 9.46. The van der Waals surface area contributed by atoms with Crippen LogP contribution in [0.5, 0.6) is 0 Å². The van der Waals surface area contributed by atoms with Gasteiger partial charge in [-0.25, -0.2) is 4.57 Å². The van der Waals surface area contributed by atoms with Crippen LogP contribution in [0.25, 0.3) is 0 Å². The minimum absolute atomic E-state index is 0.243. The van der Waals surface area contributed by atoms with Crippen molar-refractivity contribution in [3.05, 3.63) is 0 Å². The summed E-state index contributed by atoms with van der Waals surface area (Å²) >= 11 is 0. The van der Waals surface area contributed by atoms with Gasteiger partial charge in [0.05, 0.1) is 18.8 Å². The van der Waals surface area contributed by atoms with Gasteiger partial charge in [-0.15, -0.1) is 0 Å². The first kappa shape index (κ1) is 56.4. The van der Waals surface area contributed by atoms with Gasteiger partial charge < -0.3 is 40.8 Å². The molecule has 1 aliphatic rings. The van der Waals surface area contributed by atoms with Crippen molar-refractivity contribution in [3.8, 4) is 0 Å². The molecule has 0 aromatic carbocycles. The number of unbranched alkanes of at least 4 members (excludes halogenated alkanes) is 30. The number of phosphoric acid groups is 1. The highest BCUT2D eigenvalue weighted by Crippen LogP contribution is 2.47. The van der Waals surface area contributed by atoms with Crippen molar-refractivity contribution in [2.75, 3.05) is 6.61 Å². The number of nitrogens with one attached hydrogen (secondary N) is 1. The Morgan fingerprint density at radius 2 is 0.814 bits per heavy atom. The molecule has 13 heteroatoms. The Morgan fingerprint density at radius 3 is 1.17 bits per heavy atom. The maximum atomic E-state index is 13.0. The molecule has 0 saturated heterocycles. The van der Waals surface area contributed by atoms with Crippen molar-refractivity contribution in [2.45, 2.75) is 281 Å². The minimum Gasteiger partial charge on any atom is -0.391 e. The quantitative estimate of drug-likeness (QED) is 0.0215. The van der Waals surface area contributed by atoms with Crippen molar-refractivity contribution in [3.63, 3.8) is 0 Å². The van der Waals surface area contributed by atoms with E-state index >= 15 is 0 Å². The third kappa shape index (κ3) is 28.6. The van der Waals surface area contributed by atoms with E-state index in [1.165, 1.54) is 154 Å². The molecule has 12 nitrogen and oxygen atoms in total. The Balaban J connectivity index is 2.34. The summed E-state index contributed by atoms with van der Waals surface area (Å²) in [6.07, 6.45) is 27.2. The molecule has 1 rings (SSSR count). The Hall–Kier alpha value is -0.660. The number of hydrogen-bond donors (Lipinski definition) is 8. The topological polar surface area (TPSA) is 206 Å². The molecule has 9 atom stereocenters. The second kappa shape index (κ2) is 36.8. The van der Waals surface area contributed by atoms with E-state index < -0.39 is 63.2 Å². The van der Waals surface area contributed by atoms with E-state index in [0.29, 0.717) is 19.3 Å². The standard InChI is InChI=1S/C46H92NO11P/c1-3-5-7-9-11-13-15-16-17-18-19-20-21-22-23-24-25-26-28-30-32-34-36-40(49)47-38(39(48)35-33-31-29-27-14-12-10-8-6-4-2)37-57-59(55,56)58-46-44(53)42(51)41(50)43(52)45(46)54/h38-39,41-46,48,50-54H,3-37H2,1-2H3,(H,47,49)(H,55,56)/t38-,39+,41?,42+,43?,44?,45?,46?/m0/s1. The third-order valence-corrected chi connectivity index (χ3v) is 13.2. The number of carbonyl (C=O) groups excluding carboxylic acids is 1. The minimum atomic E-state index is -5.05. The van der Waals surface area contributed by atoms with E-state index in [-0.39, 0.29) is 12.3 Å². The van der Waals surface area contributed by atoms with Gasteiger partial charge in [-0.05, 0) is 12.8 Å². The number of hydrogen-bond acceptors (Lipinski definition) is 10. The maximum absolute atomic E-state index is 13.0. The first-order valence-corrected chi connectivity index (χ1v) is 26.0. The van der Waals surface area contributed by atoms with E-state index in [9.17, 15) is 44.9 Å². The number of rotatable bonds is 41. The van der Waals surface area contributed by atoms with Crippen LogP contribution in [0.3, 0.4) is 0 Å². The third-order valence-electron chi connectivity index (χ3n) is 12.2. The molecule has 352 valence electrons. The molecule has 8 N–H and O–H groups in total. The van der Waals surface area contributed by atoms with Gasteiger partial charge in [0.25, 0.3) is 0 Å². The predicted molar refractivity (Wildman–Crippen MR) is 237 cm³/mol. The van der Waals surface area contributed by atoms with E-state index in [2.05, 4.69) is 19.2 Å². The molecule has 1 fully saturated rings. The van der Waals surface area contributed by atoms with Gasteiger partial charge in [0.15, 0.2) is 0 Å². The van der Waals surface area contributed by atoms with Gasteiger partial charge in [-0.3, -0.25) is 13.8 Å². The van der Waals surface area contributed by atoms with Gasteiger partial charge >= 0.3 is 7.82 Å². The molecular formula is C46H92NO11P. The van der Waals surface area contributed by atoms with Crippen LogP contribution in [-0.2, 0) is 18.4 Å². The lowest BCUT2D eigenvalue weighted by Crippen LogP contribution is -2.64. The van der Waals surface area contributed by atoms with Gasteiger partial charge in [0.1, 0.15) is 36.6 Å². The van der Waals surface area contributed by atoms with Crippen LogP contribution in [0.4, 0.5) is 0 Å².